The minimum atomic E-state index is -0.270. The van der Waals surface area contributed by atoms with Crippen LogP contribution in [0.1, 0.15) is 16.7 Å². The van der Waals surface area contributed by atoms with Crippen LogP contribution >= 0.6 is 43.5 Å². The van der Waals surface area contributed by atoms with Crippen molar-refractivity contribution >= 4 is 55.4 Å². The quantitative estimate of drug-likeness (QED) is 0.323. The van der Waals surface area contributed by atoms with E-state index in [1.165, 1.54) is 12.1 Å². The van der Waals surface area contributed by atoms with Gasteiger partial charge in [0.2, 0.25) is 0 Å². The van der Waals surface area contributed by atoms with Crippen LogP contribution in [0.4, 0.5) is 10.1 Å². The molecule has 0 N–H and O–H groups in total. The second-order valence-electron chi connectivity index (χ2n) is 5.86. The lowest BCUT2D eigenvalue weighted by Crippen LogP contribution is -2.00. The predicted octanol–water partition coefficient (Wildman–Crippen LogP) is 7.64. The van der Waals surface area contributed by atoms with Crippen molar-refractivity contribution in [3.63, 3.8) is 0 Å². The molecule has 0 spiro atoms. The summed E-state index contributed by atoms with van der Waals surface area (Å²) in [6.45, 7) is 2.25. The van der Waals surface area contributed by atoms with E-state index in [1.807, 2.05) is 37.3 Å². The molecule has 0 aromatic heterocycles. The summed E-state index contributed by atoms with van der Waals surface area (Å²) in [6.07, 6.45) is 1.74. The minimum Gasteiger partial charge on any atom is -0.487 e. The van der Waals surface area contributed by atoms with E-state index in [-0.39, 0.29) is 5.82 Å². The Morgan fingerprint density at radius 3 is 2.59 bits per heavy atom. The highest BCUT2D eigenvalue weighted by molar-refractivity contribution is 9.11. The van der Waals surface area contributed by atoms with E-state index in [9.17, 15) is 4.39 Å². The van der Waals surface area contributed by atoms with Crippen LogP contribution in [0.3, 0.4) is 0 Å². The highest BCUT2D eigenvalue weighted by Crippen LogP contribution is 2.33. The lowest BCUT2D eigenvalue weighted by atomic mass is 10.2. The lowest BCUT2D eigenvalue weighted by Gasteiger charge is -2.12. The van der Waals surface area contributed by atoms with Crippen molar-refractivity contribution in [2.45, 2.75) is 13.5 Å². The number of rotatable bonds is 5. The van der Waals surface area contributed by atoms with Gasteiger partial charge in [0.05, 0.1) is 10.2 Å². The third-order valence-electron chi connectivity index (χ3n) is 3.92. The summed E-state index contributed by atoms with van der Waals surface area (Å²) >= 11 is 13.2. The summed E-state index contributed by atoms with van der Waals surface area (Å²) in [5, 5.41) is 0.674. The number of ether oxygens (including phenoxy) is 1. The van der Waals surface area contributed by atoms with Crippen molar-refractivity contribution in [2.75, 3.05) is 0 Å². The van der Waals surface area contributed by atoms with Crippen molar-refractivity contribution in [1.82, 2.24) is 0 Å². The summed E-state index contributed by atoms with van der Waals surface area (Å²) in [5.41, 5.74) is 3.39. The molecule has 27 heavy (non-hydrogen) atoms. The molecule has 0 amide bonds. The summed E-state index contributed by atoms with van der Waals surface area (Å²) in [6, 6.07) is 15.7. The normalized spacial score (nSPS) is 11.1. The summed E-state index contributed by atoms with van der Waals surface area (Å²) in [7, 11) is 0. The van der Waals surface area contributed by atoms with E-state index in [2.05, 4.69) is 36.9 Å². The zero-order valence-electron chi connectivity index (χ0n) is 14.3. The molecular weight excluding hydrogens is 496 g/mol. The fraction of sp³-hybridized carbons (Fsp3) is 0.0952. The minimum absolute atomic E-state index is 0.270. The third kappa shape index (κ3) is 5.18. The Morgan fingerprint density at radius 1 is 1.11 bits per heavy atom. The molecule has 0 aliphatic heterocycles. The molecule has 6 heteroatoms. The van der Waals surface area contributed by atoms with Gasteiger partial charge in [0, 0.05) is 21.3 Å². The highest BCUT2D eigenvalue weighted by Gasteiger charge is 2.10. The molecule has 138 valence electrons. The Morgan fingerprint density at radius 2 is 1.85 bits per heavy atom. The van der Waals surface area contributed by atoms with Crippen molar-refractivity contribution in [1.29, 1.82) is 0 Å². The molecule has 3 aromatic carbocycles. The number of hydrogen-bond acceptors (Lipinski definition) is 2. The molecule has 0 bridgehead atoms. The fourth-order valence-corrected chi connectivity index (χ4v) is 3.98. The zero-order valence-corrected chi connectivity index (χ0v) is 18.3. The largest absolute Gasteiger partial charge is 0.487 e. The summed E-state index contributed by atoms with van der Waals surface area (Å²) in [4.78, 5) is 4.57. The standard InChI is InChI=1S/C21H15Br2ClFNO/c1-13-19(24)3-2-4-20(13)26-11-15-9-16(22)10-18(23)21(15)27-12-14-5-7-17(25)8-6-14/h2-11H,12H2,1H3. The van der Waals surface area contributed by atoms with Crippen LogP contribution < -0.4 is 4.74 Å². The molecular formula is C21H15Br2ClFNO. The first kappa shape index (κ1) is 20.1. The van der Waals surface area contributed by atoms with Crippen molar-refractivity contribution in [2.24, 2.45) is 4.99 Å². The van der Waals surface area contributed by atoms with Gasteiger partial charge in [-0.05, 0) is 70.4 Å². The van der Waals surface area contributed by atoms with E-state index < -0.39 is 0 Å². The smallest absolute Gasteiger partial charge is 0.142 e. The Bertz CT molecular complexity index is 990. The monoisotopic (exact) mass is 509 g/mol. The number of benzene rings is 3. The lowest BCUT2D eigenvalue weighted by molar-refractivity contribution is 0.303. The highest BCUT2D eigenvalue weighted by atomic mass is 79.9. The maximum absolute atomic E-state index is 13.1. The maximum atomic E-state index is 13.1. The van der Waals surface area contributed by atoms with E-state index >= 15 is 0 Å². The van der Waals surface area contributed by atoms with Gasteiger partial charge in [-0.25, -0.2) is 4.39 Å². The van der Waals surface area contributed by atoms with Gasteiger partial charge >= 0.3 is 0 Å². The van der Waals surface area contributed by atoms with Crippen LogP contribution in [0.2, 0.25) is 5.02 Å². The number of aliphatic imine (C=N–C) groups is 1. The van der Waals surface area contributed by atoms with Gasteiger partial charge in [-0.3, -0.25) is 4.99 Å². The van der Waals surface area contributed by atoms with E-state index in [0.29, 0.717) is 17.4 Å². The van der Waals surface area contributed by atoms with E-state index in [4.69, 9.17) is 16.3 Å². The number of hydrogen-bond donors (Lipinski definition) is 0. The molecule has 3 aromatic rings. The second kappa shape index (κ2) is 9.00. The maximum Gasteiger partial charge on any atom is 0.142 e. The first-order valence-electron chi connectivity index (χ1n) is 8.09. The molecule has 0 radical (unpaired) electrons. The Hall–Kier alpha value is -1.69. The molecule has 3 rings (SSSR count). The van der Waals surface area contributed by atoms with Crippen LogP contribution in [-0.4, -0.2) is 6.21 Å². The third-order valence-corrected chi connectivity index (χ3v) is 5.37. The molecule has 0 unspecified atom stereocenters. The fourth-order valence-electron chi connectivity index (χ4n) is 2.44. The number of halogens is 4. The SMILES string of the molecule is Cc1c(Cl)cccc1N=Cc1cc(Br)cc(Br)c1OCc1ccc(F)cc1. The van der Waals surface area contributed by atoms with Gasteiger partial charge in [0.15, 0.2) is 0 Å². The molecule has 0 saturated heterocycles. The average Bonchev–Trinajstić information content (AvgIpc) is 2.63. The van der Waals surface area contributed by atoms with Crippen LogP contribution in [0.25, 0.3) is 0 Å². The van der Waals surface area contributed by atoms with Crippen molar-refractivity contribution in [3.05, 3.63) is 91.1 Å². The van der Waals surface area contributed by atoms with Gasteiger partial charge in [-0.1, -0.05) is 45.7 Å². The molecule has 0 fully saturated rings. The Labute approximate surface area is 179 Å². The van der Waals surface area contributed by atoms with Crippen molar-refractivity contribution in [3.8, 4) is 5.75 Å². The molecule has 2 nitrogen and oxygen atoms in total. The van der Waals surface area contributed by atoms with Gasteiger partial charge in [0.25, 0.3) is 0 Å². The topological polar surface area (TPSA) is 21.6 Å². The molecule has 0 heterocycles. The predicted molar refractivity (Wildman–Crippen MR) is 116 cm³/mol. The Kier molecular flexibility index (Phi) is 6.68. The molecule has 0 saturated carbocycles. The first-order chi connectivity index (χ1) is 12.9. The van der Waals surface area contributed by atoms with Gasteiger partial charge in [0.1, 0.15) is 18.2 Å². The first-order valence-corrected chi connectivity index (χ1v) is 10.1. The zero-order chi connectivity index (χ0) is 19.4. The van der Waals surface area contributed by atoms with E-state index in [1.54, 1.807) is 18.3 Å². The average molecular weight is 512 g/mol. The van der Waals surface area contributed by atoms with Crippen molar-refractivity contribution < 1.29 is 9.13 Å². The van der Waals surface area contributed by atoms with Crippen LogP contribution in [-0.2, 0) is 6.61 Å². The van der Waals surface area contributed by atoms with Gasteiger partial charge < -0.3 is 4.74 Å². The summed E-state index contributed by atoms with van der Waals surface area (Å²) in [5.74, 6) is 0.388. The summed E-state index contributed by atoms with van der Waals surface area (Å²) < 4.78 is 20.7. The van der Waals surface area contributed by atoms with Gasteiger partial charge in [-0.15, -0.1) is 0 Å². The molecule has 0 aliphatic carbocycles. The van der Waals surface area contributed by atoms with Crippen LogP contribution in [0.15, 0.2) is 68.5 Å². The van der Waals surface area contributed by atoms with E-state index in [0.717, 1.165) is 31.3 Å². The number of nitrogens with zero attached hydrogens (tertiary/aromatic N) is 1. The van der Waals surface area contributed by atoms with Crippen LogP contribution in [0.5, 0.6) is 5.75 Å². The molecule has 0 atom stereocenters. The molecule has 0 aliphatic rings. The Balaban J connectivity index is 1.89. The van der Waals surface area contributed by atoms with Gasteiger partial charge in [-0.2, -0.15) is 0 Å². The van der Waals surface area contributed by atoms with Crippen LogP contribution in [0, 0.1) is 12.7 Å². The second-order valence-corrected chi connectivity index (χ2v) is 8.04.